The molecule has 1 atom stereocenters. The molecule has 0 amide bonds. The first-order valence-electron chi connectivity index (χ1n) is 6.13. The Labute approximate surface area is 103 Å². The molecule has 5 nitrogen and oxygen atoms in total. The Kier molecular flexibility index (Phi) is 3.91. The second kappa shape index (κ2) is 5.42. The van der Waals surface area contributed by atoms with E-state index in [9.17, 15) is 0 Å². The number of anilines is 1. The van der Waals surface area contributed by atoms with Gasteiger partial charge in [-0.05, 0) is 26.4 Å². The zero-order valence-electron chi connectivity index (χ0n) is 10.6. The Morgan fingerprint density at radius 2 is 2.29 bits per heavy atom. The predicted molar refractivity (Wildman–Crippen MR) is 68.8 cm³/mol. The fourth-order valence-corrected chi connectivity index (χ4v) is 2.28. The molecule has 1 aliphatic heterocycles. The van der Waals surface area contributed by atoms with Crippen molar-refractivity contribution in [2.75, 3.05) is 32.1 Å². The molecule has 2 N–H and O–H groups in total. The molecule has 0 radical (unpaired) electrons. The Hall–Kier alpha value is -1.20. The van der Waals surface area contributed by atoms with Crippen molar-refractivity contribution in [3.63, 3.8) is 0 Å². The van der Waals surface area contributed by atoms with E-state index in [4.69, 9.17) is 5.73 Å². The van der Waals surface area contributed by atoms with Crippen molar-refractivity contribution in [3.05, 3.63) is 18.1 Å². The number of hydrogen-bond acceptors (Lipinski definition) is 5. The smallest absolute Gasteiger partial charge is 0.147 e. The number of likely N-dealkylation sites (tertiary alicyclic amines) is 1. The molecule has 5 heteroatoms. The first-order valence-corrected chi connectivity index (χ1v) is 6.13. The summed E-state index contributed by atoms with van der Waals surface area (Å²) in [4.78, 5) is 13.3. The van der Waals surface area contributed by atoms with E-state index in [0.717, 1.165) is 18.1 Å². The van der Waals surface area contributed by atoms with Crippen LogP contribution in [0.2, 0.25) is 0 Å². The van der Waals surface area contributed by atoms with Gasteiger partial charge in [0, 0.05) is 26.2 Å². The highest BCUT2D eigenvalue weighted by Gasteiger charge is 2.21. The summed E-state index contributed by atoms with van der Waals surface area (Å²) in [6.45, 7) is 2.74. The summed E-state index contributed by atoms with van der Waals surface area (Å²) < 4.78 is 0. The van der Waals surface area contributed by atoms with Gasteiger partial charge < -0.3 is 15.5 Å². The van der Waals surface area contributed by atoms with E-state index in [2.05, 4.69) is 33.9 Å². The molecule has 1 aliphatic rings. The third-order valence-corrected chi connectivity index (χ3v) is 3.41. The van der Waals surface area contributed by atoms with Crippen LogP contribution in [0, 0.1) is 0 Å². The molecule has 1 saturated heterocycles. The first-order chi connectivity index (χ1) is 8.20. The average Bonchev–Trinajstić information content (AvgIpc) is 2.38. The Balaban J connectivity index is 2.04. The van der Waals surface area contributed by atoms with Gasteiger partial charge in [0.2, 0.25) is 0 Å². The molecule has 1 fully saturated rings. The third-order valence-electron chi connectivity index (χ3n) is 3.41. The van der Waals surface area contributed by atoms with Gasteiger partial charge in [0.1, 0.15) is 5.82 Å². The number of rotatable bonds is 3. The summed E-state index contributed by atoms with van der Waals surface area (Å²) >= 11 is 0. The first kappa shape index (κ1) is 12.3. The molecule has 0 aromatic carbocycles. The zero-order valence-corrected chi connectivity index (χ0v) is 10.6. The summed E-state index contributed by atoms with van der Waals surface area (Å²) in [6, 6.07) is 0.534. The van der Waals surface area contributed by atoms with Crippen LogP contribution in [0.1, 0.15) is 18.5 Å². The van der Waals surface area contributed by atoms with Crippen LogP contribution in [-0.2, 0) is 6.54 Å². The van der Waals surface area contributed by atoms with Crippen molar-refractivity contribution in [1.29, 1.82) is 0 Å². The Bertz CT molecular complexity index is 350. The van der Waals surface area contributed by atoms with E-state index in [1.54, 1.807) is 6.20 Å². The highest BCUT2D eigenvalue weighted by molar-refractivity contribution is 5.36. The van der Waals surface area contributed by atoms with Crippen LogP contribution < -0.4 is 10.6 Å². The van der Waals surface area contributed by atoms with E-state index in [0.29, 0.717) is 12.6 Å². The lowest BCUT2D eigenvalue weighted by atomic mass is 10.1. The minimum absolute atomic E-state index is 0.448. The van der Waals surface area contributed by atoms with E-state index < -0.39 is 0 Å². The molecule has 17 heavy (non-hydrogen) atoms. The fraction of sp³-hybridized carbons (Fsp3) is 0.667. The molecule has 0 aliphatic carbocycles. The summed E-state index contributed by atoms with van der Waals surface area (Å²) in [7, 11) is 4.26. The molecular weight excluding hydrogens is 214 g/mol. The van der Waals surface area contributed by atoms with Gasteiger partial charge in [-0.15, -0.1) is 0 Å². The number of hydrogen-bond donors (Lipinski definition) is 1. The minimum atomic E-state index is 0.448. The van der Waals surface area contributed by atoms with E-state index in [1.165, 1.54) is 19.4 Å². The van der Waals surface area contributed by atoms with Gasteiger partial charge in [0.15, 0.2) is 0 Å². The van der Waals surface area contributed by atoms with Crippen LogP contribution >= 0.6 is 0 Å². The molecule has 0 bridgehead atoms. The topological polar surface area (TPSA) is 58.3 Å². The predicted octanol–water partition coefficient (Wildman–Crippen LogP) is 0.466. The van der Waals surface area contributed by atoms with Gasteiger partial charge in [-0.25, -0.2) is 4.98 Å². The minimum Gasteiger partial charge on any atom is -0.354 e. The Morgan fingerprint density at radius 3 is 2.88 bits per heavy atom. The maximum atomic E-state index is 5.51. The quantitative estimate of drug-likeness (QED) is 0.825. The van der Waals surface area contributed by atoms with Gasteiger partial charge in [-0.1, -0.05) is 0 Å². The van der Waals surface area contributed by atoms with Crippen molar-refractivity contribution < 1.29 is 0 Å². The van der Waals surface area contributed by atoms with Crippen LogP contribution in [0.4, 0.5) is 5.82 Å². The maximum Gasteiger partial charge on any atom is 0.147 e. The number of piperidine rings is 1. The summed E-state index contributed by atoms with van der Waals surface area (Å²) in [5.41, 5.74) is 6.35. The van der Waals surface area contributed by atoms with Crippen molar-refractivity contribution in [2.24, 2.45) is 5.73 Å². The highest BCUT2D eigenvalue weighted by atomic mass is 15.2. The number of nitrogens with two attached hydrogens (primary N) is 1. The molecule has 94 valence electrons. The van der Waals surface area contributed by atoms with Gasteiger partial charge in [0.25, 0.3) is 0 Å². The van der Waals surface area contributed by atoms with E-state index >= 15 is 0 Å². The van der Waals surface area contributed by atoms with Crippen molar-refractivity contribution in [3.8, 4) is 0 Å². The SMILES string of the molecule is CN1CCCC(N(C)c2cnc(CN)cn2)C1. The zero-order chi connectivity index (χ0) is 12.3. The molecular formula is C12H21N5. The van der Waals surface area contributed by atoms with Gasteiger partial charge in [0.05, 0.1) is 18.1 Å². The second-order valence-corrected chi connectivity index (χ2v) is 4.74. The van der Waals surface area contributed by atoms with Gasteiger partial charge in [-0.3, -0.25) is 4.98 Å². The monoisotopic (exact) mass is 235 g/mol. The molecule has 0 saturated carbocycles. The van der Waals surface area contributed by atoms with Crippen LogP contribution in [0.5, 0.6) is 0 Å². The highest BCUT2D eigenvalue weighted by Crippen LogP contribution is 2.18. The number of aromatic nitrogens is 2. The van der Waals surface area contributed by atoms with Crippen LogP contribution in [0.3, 0.4) is 0 Å². The van der Waals surface area contributed by atoms with Crippen molar-refractivity contribution >= 4 is 5.82 Å². The lowest BCUT2D eigenvalue weighted by molar-refractivity contribution is 0.247. The van der Waals surface area contributed by atoms with Crippen molar-refractivity contribution in [1.82, 2.24) is 14.9 Å². The fourth-order valence-electron chi connectivity index (χ4n) is 2.28. The second-order valence-electron chi connectivity index (χ2n) is 4.74. The number of nitrogens with zero attached hydrogens (tertiary/aromatic N) is 4. The van der Waals surface area contributed by atoms with Crippen molar-refractivity contribution in [2.45, 2.75) is 25.4 Å². The van der Waals surface area contributed by atoms with Crippen LogP contribution in [-0.4, -0.2) is 48.1 Å². The largest absolute Gasteiger partial charge is 0.354 e. The van der Waals surface area contributed by atoms with Crippen LogP contribution in [0.15, 0.2) is 12.4 Å². The van der Waals surface area contributed by atoms with Gasteiger partial charge >= 0.3 is 0 Å². The molecule has 1 aromatic rings. The third kappa shape index (κ3) is 2.92. The maximum absolute atomic E-state index is 5.51. The van der Waals surface area contributed by atoms with E-state index in [1.807, 2.05) is 6.20 Å². The average molecular weight is 235 g/mol. The van der Waals surface area contributed by atoms with E-state index in [-0.39, 0.29) is 0 Å². The molecule has 2 rings (SSSR count). The molecule has 1 unspecified atom stereocenters. The van der Waals surface area contributed by atoms with Crippen LogP contribution in [0.25, 0.3) is 0 Å². The molecule has 2 heterocycles. The number of likely N-dealkylation sites (N-methyl/N-ethyl adjacent to an activating group) is 2. The van der Waals surface area contributed by atoms with Gasteiger partial charge in [-0.2, -0.15) is 0 Å². The molecule has 0 spiro atoms. The molecule has 1 aromatic heterocycles. The lowest BCUT2D eigenvalue weighted by Gasteiger charge is -2.36. The lowest BCUT2D eigenvalue weighted by Crippen LogP contribution is -2.45. The Morgan fingerprint density at radius 1 is 1.47 bits per heavy atom. The normalized spacial score (nSPS) is 21.5. The standard InChI is InChI=1S/C12H21N5/c1-16-5-3-4-11(9-16)17(2)12-8-14-10(6-13)7-15-12/h7-8,11H,3-6,9,13H2,1-2H3. The summed E-state index contributed by atoms with van der Waals surface area (Å²) in [5, 5.41) is 0. The summed E-state index contributed by atoms with van der Waals surface area (Å²) in [6.07, 6.45) is 6.05. The summed E-state index contributed by atoms with van der Waals surface area (Å²) in [5.74, 6) is 0.933.